The summed E-state index contributed by atoms with van der Waals surface area (Å²) in [6.45, 7) is 5.26. The van der Waals surface area contributed by atoms with Gasteiger partial charge < -0.3 is 10.1 Å². The third-order valence-corrected chi connectivity index (χ3v) is 3.65. The minimum Gasteiger partial charge on any atom is -0.460 e. The van der Waals surface area contributed by atoms with Gasteiger partial charge in [0.1, 0.15) is 11.7 Å². The number of rotatable bonds is 5. The second-order valence-corrected chi connectivity index (χ2v) is 7.98. The van der Waals surface area contributed by atoms with Crippen LogP contribution in [0.1, 0.15) is 43.1 Å². The van der Waals surface area contributed by atoms with Crippen molar-refractivity contribution in [3.05, 3.63) is 23.4 Å². The highest BCUT2D eigenvalue weighted by Gasteiger charge is 2.19. The molecule has 0 bridgehead atoms. The number of ether oxygens (including phenoxy) is 1. The highest BCUT2D eigenvalue weighted by molar-refractivity contribution is 7.90. The van der Waals surface area contributed by atoms with Crippen molar-refractivity contribution in [1.29, 1.82) is 5.26 Å². The molecule has 0 radical (unpaired) electrons. The molecule has 0 fully saturated rings. The molecule has 1 aromatic heterocycles. The SMILES string of the molecule is CC(C)(C)OC(=O)CCNC(=O)c1cnc(S(C)(=O)=O)c(C#N)c1. The maximum absolute atomic E-state index is 12.0. The molecule has 1 amide bonds. The molecule has 0 aromatic carbocycles. The summed E-state index contributed by atoms with van der Waals surface area (Å²) in [6.07, 6.45) is 1.99. The van der Waals surface area contributed by atoms with E-state index in [2.05, 4.69) is 10.3 Å². The fraction of sp³-hybridized carbons (Fsp3) is 0.467. The normalized spacial score (nSPS) is 11.5. The van der Waals surface area contributed by atoms with Crippen molar-refractivity contribution in [2.45, 2.75) is 37.8 Å². The number of amides is 1. The van der Waals surface area contributed by atoms with Crippen LogP contribution in [0.25, 0.3) is 0 Å². The topological polar surface area (TPSA) is 126 Å². The predicted molar refractivity (Wildman–Crippen MR) is 84.9 cm³/mol. The predicted octanol–water partition coefficient (Wildman–Crippen LogP) is 0.818. The summed E-state index contributed by atoms with van der Waals surface area (Å²) in [7, 11) is -3.66. The number of nitrogens with one attached hydrogen (secondary N) is 1. The molecule has 0 unspecified atom stereocenters. The zero-order chi connectivity index (χ0) is 18.5. The average molecular weight is 353 g/mol. The van der Waals surface area contributed by atoms with Crippen molar-refractivity contribution in [3.63, 3.8) is 0 Å². The van der Waals surface area contributed by atoms with E-state index in [1.807, 2.05) is 0 Å². The fourth-order valence-corrected chi connectivity index (χ4v) is 2.47. The van der Waals surface area contributed by atoms with Gasteiger partial charge in [0, 0.05) is 19.0 Å². The van der Waals surface area contributed by atoms with Gasteiger partial charge in [-0.1, -0.05) is 0 Å². The average Bonchev–Trinajstić information content (AvgIpc) is 2.43. The minimum atomic E-state index is -3.66. The highest BCUT2D eigenvalue weighted by atomic mass is 32.2. The molecule has 0 aliphatic carbocycles. The lowest BCUT2D eigenvalue weighted by atomic mass is 10.2. The summed E-state index contributed by atoms with van der Waals surface area (Å²) in [4.78, 5) is 27.2. The van der Waals surface area contributed by atoms with Gasteiger partial charge in [0.05, 0.1) is 17.5 Å². The minimum absolute atomic E-state index is 0.0109. The number of pyridine rings is 1. The van der Waals surface area contributed by atoms with Gasteiger partial charge in [0.15, 0.2) is 14.9 Å². The van der Waals surface area contributed by atoms with Gasteiger partial charge in [0.2, 0.25) is 0 Å². The van der Waals surface area contributed by atoms with Crippen molar-refractivity contribution in [2.75, 3.05) is 12.8 Å². The molecule has 0 aliphatic heterocycles. The molecule has 8 nitrogen and oxygen atoms in total. The van der Waals surface area contributed by atoms with Crippen LogP contribution in [0.15, 0.2) is 17.3 Å². The Bertz CT molecular complexity index is 788. The Hall–Kier alpha value is -2.47. The first-order valence-electron chi connectivity index (χ1n) is 7.04. The zero-order valence-corrected chi connectivity index (χ0v) is 14.7. The van der Waals surface area contributed by atoms with Crippen LogP contribution in [-0.2, 0) is 19.4 Å². The number of sulfone groups is 1. The zero-order valence-electron chi connectivity index (χ0n) is 13.9. The maximum atomic E-state index is 12.0. The van der Waals surface area contributed by atoms with Crippen LogP contribution in [-0.4, -0.2) is 43.7 Å². The van der Waals surface area contributed by atoms with E-state index in [0.717, 1.165) is 18.5 Å². The van der Waals surface area contributed by atoms with Crippen molar-refractivity contribution in [3.8, 4) is 6.07 Å². The standard InChI is InChI=1S/C15H19N3O5S/c1-15(2,3)23-12(19)5-6-17-13(20)11-7-10(8-16)14(18-9-11)24(4,21)22/h7,9H,5-6H2,1-4H3,(H,17,20). The quantitative estimate of drug-likeness (QED) is 0.776. The monoisotopic (exact) mass is 353 g/mol. The van der Waals surface area contributed by atoms with E-state index in [-0.39, 0.29) is 29.1 Å². The molecule has 1 N–H and O–H groups in total. The molecule has 1 heterocycles. The van der Waals surface area contributed by atoms with Gasteiger partial charge in [-0.2, -0.15) is 5.26 Å². The molecular weight excluding hydrogens is 334 g/mol. The van der Waals surface area contributed by atoms with E-state index in [0.29, 0.717) is 0 Å². The van der Waals surface area contributed by atoms with E-state index in [1.165, 1.54) is 0 Å². The van der Waals surface area contributed by atoms with Crippen molar-refractivity contribution >= 4 is 21.7 Å². The molecule has 0 saturated carbocycles. The van der Waals surface area contributed by atoms with Crippen molar-refractivity contribution < 1.29 is 22.7 Å². The van der Waals surface area contributed by atoms with Crippen LogP contribution < -0.4 is 5.32 Å². The van der Waals surface area contributed by atoms with E-state index in [9.17, 15) is 18.0 Å². The number of nitriles is 1. The van der Waals surface area contributed by atoms with Crippen LogP contribution in [0.4, 0.5) is 0 Å². The van der Waals surface area contributed by atoms with E-state index in [1.54, 1.807) is 26.8 Å². The van der Waals surface area contributed by atoms with Crippen LogP contribution >= 0.6 is 0 Å². The summed E-state index contributed by atoms with van der Waals surface area (Å²) in [5.74, 6) is -1.02. The molecular formula is C15H19N3O5S. The molecule has 0 spiro atoms. The maximum Gasteiger partial charge on any atom is 0.308 e. The van der Waals surface area contributed by atoms with E-state index in [4.69, 9.17) is 10.00 Å². The van der Waals surface area contributed by atoms with Crippen molar-refractivity contribution in [2.24, 2.45) is 0 Å². The molecule has 1 aromatic rings. The summed E-state index contributed by atoms with van der Waals surface area (Å²) in [5.41, 5.74) is -0.783. The largest absolute Gasteiger partial charge is 0.460 e. The Balaban J connectivity index is 2.73. The molecule has 130 valence electrons. The Kier molecular flexibility index (Phi) is 6.04. The second kappa shape index (κ2) is 7.40. The van der Waals surface area contributed by atoms with Crippen LogP contribution in [0.2, 0.25) is 0 Å². The third kappa shape index (κ3) is 5.96. The number of carbonyl (C=O) groups excluding carboxylic acids is 2. The fourth-order valence-electron chi connectivity index (χ4n) is 1.72. The van der Waals surface area contributed by atoms with Gasteiger partial charge >= 0.3 is 5.97 Å². The first-order chi connectivity index (χ1) is 10.9. The number of aromatic nitrogens is 1. The van der Waals surface area contributed by atoms with Gasteiger partial charge in [-0.25, -0.2) is 13.4 Å². The number of hydrogen-bond donors (Lipinski definition) is 1. The van der Waals surface area contributed by atoms with Gasteiger partial charge in [-0.05, 0) is 26.8 Å². The van der Waals surface area contributed by atoms with E-state index >= 15 is 0 Å². The Labute approximate surface area is 140 Å². The van der Waals surface area contributed by atoms with Gasteiger partial charge in [0.25, 0.3) is 5.91 Å². The van der Waals surface area contributed by atoms with Gasteiger partial charge in [-0.3, -0.25) is 9.59 Å². The summed E-state index contributed by atoms with van der Waals surface area (Å²) in [5, 5.41) is 11.1. The van der Waals surface area contributed by atoms with Crippen LogP contribution in [0.3, 0.4) is 0 Å². The van der Waals surface area contributed by atoms with Crippen LogP contribution in [0.5, 0.6) is 0 Å². The lowest BCUT2D eigenvalue weighted by Crippen LogP contribution is -2.29. The molecule has 0 atom stereocenters. The number of hydrogen-bond acceptors (Lipinski definition) is 7. The lowest BCUT2D eigenvalue weighted by Gasteiger charge is -2.19. The van der Waals surface area contributed by atoms with Crippen molar-refractivity contribution in [1.82, 2.24) is 10.3 Å². The number of esters is 1. The molecule has 1 rings (SSSR count). The summed E-state index contributed by atoms with van der Waals surface area (Å²) >= 11 is 0. The van der Waals surface area contributed by atoms with Crippen LogP contribution in [0, 0.1) is 11.3 Å². The molecule has 9 heteroatoms. The Morgan fingerprint density at radius 3 is 2.50 bits per heavy atom. The summed E-state index contributed by atoms with van der Waals surface area (Å²) < 4.78 is 28.1. The molecule has 0 saturated heterocycles. The molecule has 0 aliphatic rings. The smallest absolute Gasteiger partial charge is 0.308 e. The summed E-state index contributed by atoms with van der Waals surface area (Å²) in [6, 6.07) is 2.85. The Morgan fingerprint density at radius 2 is 2.00 bits per heavy atom. The van der Waals surface area contributed by atoms with Gasteiger partial charge in [-0.15, -0.1) is 0 Å². The lowest BCUT2D eigenvalue weighted by molar-refractivity contribution is -0.154. The highest BCUT2D eigenvalue weighted by Crippen LogP contribution is 2.13. The van der Waals surface area contributed by atoms with E-state index < -0.39 is 27.3 Å². The second-order valence-electron chi connectivity index (χ2n) is 6.05. The number of nitrogens with zero attached hydrogens (tertiary/aromatic N) is 2. The first kappa shape index (κ1) is 19.6. The number of carbonyl (C=O) groups is 2. The first-order valence-corrected chi connectivity index (χ1v) is 8.93. The third-order valence-electron chi connectivity index (χ3n) is 2.62. The Morgan fingerprint density at radius 1 is 1.38 bits per heavy atom. The molecule has 24 heavy (non-hydrogen) atoms.